The Morgan fingerprint density at radius 1 is 1.61 bits per heavy atom. The number of aliphatic hydroxyl groups is 1. The lowest BCUT2D eigenvalue weighted by molar-refractivity contribution is -0.135. The third-order valence-electron chi connectivity index (χ3n) is 2.96. The lowest BCUT2D eigenvalue weighted by Gasteiger charge is -2.34. The van der Waals surface area contributed by atoms with Crippen molar-refractivity contribution >= 4 is 19.2 Å². The van der Waals surface area contributed by atoms with E-state index in [0.29, 0.717) is 5.92 Å². The maximum Gasteiger partial charge on any atom is 0.355 e. The number of rotatable bonds is 7. The van der Waals surface area contributed by atoms with Crippen molar-refractivity contribution in [2.75, 3.05) is 13.2 Å². The number of carbonyl (C=O) groups is 1. The molecule has 7 heteroatoms. The summed E-state index contributed by atoms with van der Waals surface area (Å²) in [7, 11) is -0.388. The molecule has 0 aromatic heterocycles. The molecular weight excluding hydrogens is 235 g/mol. The molecule has 1 aliphatic rings. The van der Waals surface area contributed by atoms with E-state index in [-0.39, 0.29) is 37.9 Å². The van der Waals surface area contributed by atoms with Gasteiger partial charge in [0.05, 0.1) is 6.61 Å². The van der Waals surface area contributed by atoms with Crippen molar-refractivity contribution in [2.45, 2.75) is 25.8 Å². The van der Waals surface area contributed by atoms with Crippen LogP contribution in [0.4, 0.5) is 0 Å². The van der Waals surface area contributed by atoms with Gasteiger partial charge in [-0.05, 0) is 37.4 Å². The Labute approximate surface area is 107 Å². The van der Waals surface area contributed by atoms with Crippen molar-refractivity contribution in [3.8, 4) is 0 Å². The molecule has 6 nitrogen and oxygen atoms in total. The second-order valence-electron chi connectivity index (χ2n) is 4.31. The average molecular weight is 254 g/mol. The fraction of sp³-hybridized carbons (Fsp3) is 0.636. The van der Waals surface area contributed by atoms with Crippen LogP contribution in [0.25, 0.3) is 0 Å². The number of hydrogen-bond donors (Lipinski definition) is 4. The van der Waals surface area contributed by atoms with E-state index in [9.17, 15) is 4.79 Å². The van der Waals surface area contributed by atoms with Crippen LogP contribution in [0, 0.1) is 11.3 Å². The molecule has 0 saturated heterocycles. The average Bonchev–Trinajstić information content (AvgIpc) is 2.32. The van der Waals surface area contributed by atoms with Crippen LogP contribution in [0.1, 0.15) is 19.8 Å². The molecule has 1 saturated carbocycles. The summed E-state index contributed by atoms with van der Waals surface area (Å²) in [5, 5.41) is 28.6. The van der Waals surface area contributed by atoms with Gasteiger partial charge in [-0.2, -0.15) is 0 Å². The molecule has 0 spiro atoms. The summed E-state index contributed by atoms with van der Waals surface area (Å²) >= 11 is 0. The topological polar surface area (TPSA) is 103 Å². The van der Waals surface area contributed by atoms with Crippen LogP contribution in [-0.4, -0.2) is 48.5 Å². The Kier molecular flexibility index (Phi) is 5.87. The minimum atomic E-state index is -0.735. The molecule has 18 heavy (non-hydrogen) atoms. The van der Waals surface area contributed by atoms with Crippen LogP contribution in [-0.2, 0) is 9.53 Å². The zero-order chi connectivity index (χ0) is 13.5. The van der Waals surface area contributed by atoms with Crippen LogP contribution < -0.4 is 5.32 Å². The molecule has 0 aliphatic heterocycles. The standard InChI is InChI=1S/C11H19BN2O4/c1-2-18-11(16)10(13)9(12-17)5-14-8-3-7(4-8)6-15/h5,7-8,12-15,17H,2-4,6H2,1H3/b9-5+,13-10?. The van der Waals surface area contributed by atoms with Crippen LogP contribution in [0.5, 0.6) is 0 Å². The summed E-state index contributed by atoms with van der Waals surface area (Å²) in [5.41, 5.74) is -0.120. The number of esters is 1. The first-order chi connectivity index (χ1) is 8.62. The number of hydrogen-bond acceptors (Lipinski definition) is 6. The van der Waals surface area contributed by atoms with Crippen molar-refractivity contribution < 1.29 is 19.7 Å². The summed E-state index contributed by atoms with van der Waals surface area (Å²) < 4.78 is 4.69. The molecule has 0 bridgehead atoms. The first-order valence-electron chi connectivity index (χ1n) is 6.05. The minimum Gasteiger partial charge on any atom is -0.461 e. The highest BCUT2D eigenvalue weighted by Gasteiger charge is 2.27. The highest BCUT2D eigenvalue weighted by molar-refractivity contribution is 6.59. The van der Waals surface area contributed by atoms with E-state index in [2.05, 4.69) is 5.32 Å². The van der Waals surface area contributed by atoms with Crippen molar-refractivity contribution in [2.24, 2.45) is 5.92 Å². The molecule has 0 aromatic carbocycles. The summed E-state index contributed by atoms with van der Waals surface area (Å²) in [6.45, 7) is 2.05. The Bertz CT molecular complexity index is 340. The van der Waals surface area contributed by atoms with Gasteiger partial charge in [0.2, 0.25) is 0 Å². The van der Waals surface area contributed by atoms with Gasteiger partial charge in [-0.15, -0.1) is 0 Å². The molecule has 0 radical (unpaired) electrons. The lowest BCUT2D eigenvalue weighted by atomic mass is 9.80. The molecular formula is C11H19BN2O4. The maximum absolute atomic E-state index is 11.3. The summed E-state index contributed by atoms with van der Waals surface area (Å²) in [5.74, 6) is -0.403. The highest BCUT2D eigenvalue weighted by Crippen LogP contribution is 2.26. The van der Waals surface area contributed by atoms with Crippen molar-refractivity contribution in [3.05, 3.63) is 11.7 Å². The predicted octanol–water partition coefficient (Wildman–Crippen LogP) is -0.885. The number of nitrogens with one attached hydrogen (secondary N) is 2. The van der Waals surface area contributed by atoms with E-state index < -0.39 is 5.97 Å². The zero-order valence-corrected chi connectivity index (χ0v) is 10.5. The second kappa shape index (κ2) is 7.18. The highest BCUT2D eigenvalue weighted by atomic mass is 16.5. The van der Waals surface area contributed by atoms with Crippen molar-refractivity contribution in [1.82, 2.24) is 5.32 Å². The van der Waals surface area contributed by atoms with Gasteiger partial charge in [0, 0.05) is 12.6 Å². The zero-order valence-electron chi connectivity index (χ0n) is 10.5. The van der Waals surface area contributed by atoms with E-state index in [0.717, 1.165) is 12.8 Å². The first-order valence-corrected chi connectivity index (χ1v) is 6.05. The Hall–Kier alpha value is -1.34. The van der Waals surface area contributed by atoms with Gasteiger partial charge in [-0.25, -0.2) is 4.79 Å². The van der Waals surface area contributed by atoms with Crippen LogP contribution >= 0.6 is 0 Å². The van der Waals surface area contributed by atoms with Gasteiger partial charge < -0.3 is 20.2 Å². The molecule has 0 aromatic rings. The van der Waals surface area contributed by atoms with Gasteiger partial charge in [0.25, 0.3) is 0 Å². The van der Waals surface area contributed by atoms with Gasteiger partial charge in [0.1, 0.15) is 5.71 Å². The normalized spacial score (nSPS) is 22.9. The number of ether oxygens (including phenoxy) is 1. The van der Waals surface area contributed by atoms with Crippen molar-refractivity contribution in [3.63, 3.8) is 0 Å². The van der Waals surface area contributed by atoms with E-state index in [1.165, 1.54) is 6.20 Å². The van der Waals surface area contributed by atoms with Crippen molar-refractivity contribution in [1.29, 1.82) is 5.41 Å². The Morgan fingerprint density at radius 2 is 2.28 bits per heavy atom. The lowest BCUT2D eigenvalue weighted by Crippen LogP contribution is -2.40. The minimum absolute atomic E-state index is 0.188. The molecule has 0 atom stereocenters. The third kappa shape index (κ3) is 3.85. The predicted molar refractivity (Wildman–Crippen MR) is 68.5 cm³/mol. The SMILES string of the molecule is CCOC(=O)C(=N)/C(BO)=C\NC1CC(CO)C1. The molecule has 1 rings (SSSR count). The largest absolute Gasteiger partial charge is 0.461 e. The molecule has 0 amide bonds. The monoisotopic (exact) mass is 254 g/mol. The van der Waals surface area contributed by atoms with Gasteiger partial charge >= 0.3 is 13.5 Å². The van der Waals surface area contributed by atoms with Gasteiger partial charge in [0.15, 0.2) is 0 Å². The molecule has 1 fully saturated rings. The fourth-order valence-electron chi connectivity index (χ4n) is 1.77. The van der Waals surface area contributed by atoms with Gasteiger partial charge in [-0.1, -0.05) is 0 Å². The smallest absolute Gasteiger partial charge is 0.355 e. The second-order valence-corrected chi connectivity index (χ2v) is 4.31. The Morgan fingerprint density at radius 3 is 2.78 bits per heavy atom. The van der Waals surface area contributed by atoms with Crippen LogP contribution in [0.15, 0.2) is 11.7 Å². The van der Waals surface area contributed by atoms with Gasteiger partial charge in [-0.3, -0.25) is 5.41 Å². The third-order valence-corrected chi connectivity index (χ3v) is 2.96. The maximum atomic E-state index is 11.3. The molecule has 0 heterocycles. The first kappa shape index (κ1) is 14.7. The van der Waals surface area contributed by atoms with Crippen LogP contribution in [0.2, 0.25) is 0 Å². The molecule has 4 N–H and O–H groups in total. The van der Waals surface area contributed by atoms with E-state index >= 15 is 0 Å². The van der Waals surface area contributed by atoms with Crippen LogP contribution in [0.3, 0.4) is 0 Å². The molecule has 0 unspecified atom stereocenters. The van der Waals surface area contributed by atoms with E-state index in [1.54, 1.807) is 6.92 Å². The summed E-state index contributed by atoms with van der Waals surface area (Å²) in [6.07, 6.45) is 3.20. The summed E-state index contributed by atoms with van der Waals surface area (Å²) in [6, 6.07) is 0.235. The fourth-order valence-corrected chi connectivity index (χ4v) is 1.77. The molecule has 100 valence electrons. The van der Waals surface area contributed by atoms with E-state index in [4.69, 9.17) is 20.3 Å². The number of aliphatic hydroxyl groups excluding tert-OH is 1. The molecule has 1 aliphatic carbocycles. The summed E-state index contributed by atoms with van der Waals surface area (Å²) in [4.78, 5) is 11.3. The quantitative estimate of drug-likeness (QED) is 0.268. The Balaban J connectivity index is 2.45. The number of carbonyl (C=O) groups excluding carboxylic acids is 1. The van der Waals surface area contributed by atoms with E-state index in [1.807, 2.05) is 0 Å².